The molecule has 0 radical (unpaired) electrons. The summed E-state index contributed by atoms with van der Waals surface area (Å²) >= 11 is 0. The molecule has 0 aliphatic heterocycles. The van der Waals surface area contributed by atoms with Gasteiger partial charge in [0, 0.05) is 12.2 Å². The van der Waals surface area contributed by atoms with Crippen LogP contribution in [0.25, 0.3) is 6.08 Å². The molecule has 0 fully saturated rings. The minimum atomic E-state index is 0.265. The molecule has 0 saturated heterocycles. The van der Waals surface area contributed by atoms with Gasteiger partial charge in [0.05, 0.1) is 7.11 Å². The van der Waals surface area contributed by atoms with Crippen LogP contribution in [0.2, 0.25) is 0 Å². The number of ether oxygens (including phenoxy) is 1. The first-order valence-electron chi connectivity index (χ1n) is 7.09. The van der Waals surface area contributed by atoms with Crippen molar-refractivity contribution in [3.05, 3.63) is 35.4 Å². The molecule has 0 amide bonds. The summed E-state index contributed by atoms with van der Waals surface area (Å²) in [4.78, 5) is 0. The number of rotatable bonds is 6. The highest BCUT2D eigenvalue weighted by Gasteiger charge is 2.00. The molecule has 0 aromatic heterocycles. The molecular formula is C17H28O2. The fourth-order valence-electron chi connectivity index (χ4n) is 1.67. The van der Waals surface area contributed by atoms with Crippen LogP contribution in [-0.2, 0) is 0 Å². The Morgan fingerprint density at radius 2 is 2.00 bits per heavy atom. The monoisotopic (exact) mass is 264 g/mol. The van der Waals surface area contributed by atoms with Crippen molar-refractivity contribution >= 4 is 6.08 Å². The van der Waals surface area contributed by atoms with Crippen LogP contribution in [0.4, 0.5) is 0 Å². The molecule has 1 rings (SSSR count). The summed E-state index contributed by atoms with van der Waals surface area (Å²) in [6.07, 6.45) is 6.24. The van der Waals surface area contributed by atoms with Gasteiger partial charge in [-0.05, 0) is 37.8 Å². The van der Waals surface area contributed by atoms with Gasteiger partial charge in [-0.3, -0.25) is 0 Å². The highest BCUT2D eigenvalue weighted by atomic mass is 16.5. The highest BCUT2D eigenvalue weighted by molar-refractivity contribution is 5.58. The van der Waals surface area contributed by atoms with E-state index in [-0.39, 0.29) is 6.61 Å². The van der Waals surface area contributed by atoms with Gasteiger partial charge >= 0.3 is 0 Å². The highest BCUT2D eigenvalue weighted by Crippen LogP contribution is 2.21. The van der Waals surface area contributed by atoms with Crippen LogP contribution in [-0.4, -0.2) is 18.8 Å². The minimum absolute atomic E-state index is 0.265. The van der Waals surface area contributed by atoms with Crippen LogP contribution in [0.5, 0.6) is 5.75 Å². The van der Waals surface area contributed by atoms with Gasteiger partial charge in [-0.2, -0.15) is 0 Å². The van der Waals surface area contributed by atoms with Gasteiger partial charge in [0.1, 0.15) is 5.75 Å². The molecule has 0 aliphatic rings. The Hall–Kier alpha value is -1.28. The summed E-state index contributed by atoms with van der Waals surface area (Å²) in [6.45, 7) is 8.40. The molecule has 2 heteroatoms. The van der Waals surface area contributed by atoms with Gasteiger partial charge in [-0.15, -0.1) is 0 Å². The molecule has 19 heavy (non-hydrogen) atoms. The molecule has 0 saturated carbocycles. The van der Waals surface area contributed by atoms with E-state index in [4.69, 9.17) is 9.84 Å². The molecule has 0 bridgehead atoms. The van der Waals surface area contributed by atoms with Crippen LogP contribution in [0.3, 0.4) is 0 Å². The average Bonchev–Trinajstić information content (AvgIpc) is 2.45. The number of aryl methyl sites for hydroxylation is 1. The number of aliphatic hydroxyl groups excluding tert-OH is 1. The third-order valence-corrected chi connectivity index (χ3v) is 2.82. The van der Waals surface area contributed by atoms with E-state index in [2.05, 4.69) is 32.1 Å². The van der Waals surface area contributed by atoms with Crippen molar-refractivity contribution in [2.45, 2.75) is 40.5 Å². The predicted molar refractivity (Wildman–Crippen MR) is 83.6 cm³/mol. The van der Waals surface area contributed by atoms with Gasteiger partial charge in [-0.1, -0.05) is 44.6 Å². The molecule has 0 spiro atoms. The molecule has 0 aliphatic carbocycles. The number of methoxy groups -OCH3 is 1. The van der Waals surface area contributed by atoms with Gasteiger partial charge < -0.3 is 9.84 Å². The zero-order valence-corrected chi connectivity index (χ0v) is 12.9. The summed E-state index contributed by atoms with van der Waals surface area (Å²) in [5.41, 5.74) is 2.35. The first kappa shape index (κ1) is 17.7. The summed E-state index contributed by atoms with van der Waals surface area (Å²) < 4.78 is 5.31. The van der Waals surface area contributed by atoms with Crippen LogP contribution >= 0.6 is 0 Å². The van der Waals surface area contributed by atoms with Crippen LogP contribution in [0.1, 0.15) is 44.7 Å². The van der Waals surface area contributed by atoms with E-state index in [9.17, 15) is 0 Å². The maximum absolute atomic E-state index is 8.93. The van der Waals surface area contributed by atoms with Gasteiger partial charge in [-0.25, -0.2) is 0 Å². The van der Waals surface area contributed by atoms with E-state index in [1.165, 1.54) is 5.56 Å². The molecule has 1 atom stereocenters. The number of hydrogen-bond donors (Lipinski definition) is 1. The third kappa shape index (κ3) is 7.02. The molecular weight excluding hydrogens is 236 g/mol. The SMILES string of the molecule is CC.COc1ccc(C)cc1/C=C/CCC(C)CO. The van der Waals surface area contributed by atoms with E-state index in [1.54, 1.807) is 7.11 Å². The van der Waals surface area contributed by atoms with Gasteiger partial charge in [0.15, 0.2) is 0 Å². The molecule has 108 valence electrons. The fourth-order valence-corrected chi connectivity index (χ4v) is 1.67. The summed E-state index contributed by atoms with van der Waals surface area (Å²) in [5.74, 6) is 1.28. The van der Waals surface area contributed by atoms with Crippen LogP contribution in [0, 0.1) is 12.8 Å². The molecule has 0 heterocycles. The first-order chi connectivity index (χ1) is 9.17. The first-order valence-corrected chi connectivity index (χ1v) is 7.09. The summed E-state index contributed by atoms with van der Waals surface area (Å²) in [6, 6.07) is 6.15. The lowest BCUT2D eigenvalue weighted by atomic mass is 10.1. The quantitative estimate of drug-likeness (QED) is 0.822. The third-order valence-electron chi connectivity index (χ3n) is 2.82. The second kappa shape index (κ2) is 10.6. The number of aliphatic hydroxyl groups is 1. The molecule has 1 aromatic rings. The van der Waals surface area contributed by atoms with Crippen molar-refractivity contribution in [3.63, 3.8) is 0 Å². The lowest BCUT2D eigenvalue weighted by Gasteiger charge is -2.06. The Labute approximate surface area is 118 Å². The van der Waals surface area contributed by atoms with E-state index in [1.807, 2.05) is 26.0 Å². The second-order valence-corrected chi connectivity index (χ2v) is 4.51. The van der Waals surface area contributed by atoms with Crippen molar-refractivity contribution in [1.82, 2.24) is 0 Å². The maximum Gasteiger partial charge on any atom is 0.126 e. The number of benzene rings is 1. The van der Waals surface area contributed by atoms with Crippen molar-refractivity contribution in [3.8, 4) is 5.75 Å². The van der Waals surface area contributed by atoms with E-state index in [0.29, 0.717) is 5.92 Å². The Kier molecular flexibility index (Phi) is 9.91. The summed E-state index contributed by atoms with van der Waals surface area (Å²) in [7, 11) is 1.69. The number of allylic oxidation sites excluding steroid dienone is 1. The maximum atomic E-state index is 8.93. The van der Waals surface area contributed by atoms with Gasteiger partial charge in [0.25, 0.3) is 0 Å². The number of hydrogen-bond acceptors (Lipinski definition) is 2. The Bertz CT molecular complexity index is 370. The molecule has 1 unspecified atom stereocenters. The van der Waals surface area contributed by atoms with E-state index in [0.717, 1.165) is 24.2 Å². The minimum Gasteiger partial charge on any atom is -0.496 e. The van der Waals surface area contributed by atoms with E-state index < -0.39 is 0 Å². The Morgan fingerprint density at radius 1 is 1.32 bits per heavy atom. The Morgan fingerprint density at radius 3 is 2.58 bits per heavy atom. The van der Waals surface area contributed by atoms with Crippen molar-refractivity contribution in [1.29, 1.82) is 0 Å². The topological polar surface area (TPSA) is 29.5 Å². The smallest absolute Gasteiger partial charge is 0.126 e. The van der Waals surface area contributed by atoms with Gasteiger partial charge in [0.2, 0.25) is 0 Å². The normalized spacial score (nSPS) is 11.9. The Balaban J connectivity index is 0.00000154. The standard InChI is InChI=1S/C15H22O2.C2H6/c1-12-8-9-15(17-3)14(10-12)7-5-4-6-13(2)11-16;1-2/h5,7-10,13,16H,4,6,11H2,1-3H3;1-2H3/b7-5+;. The van der Waals surface area contributed by atoms with Crippen molar-refractivity contribution in [2.75, 3.05) is 13.7 Å². The van der Waals surface area contributed by atoms with Crippen LogP contribution in [0.15, 0.2) is 24.3 Å². The van der Waals surface area contributed by atoms with Crippen molar-refractivity contribution < 1.29 is 9.84 Å². The predicted octanol–water partition coefficient (Wildman–Crippen LogP) is 4.45. The molecule has 1 aromatic carbocycles. The van der Waals surface area contributed by atoms with Crippen molar-refractivity contribution in [2.24, 2.45) is 5.92 Å². The average molecular weight is 264 g/mol. The lowest BCUT2D eigenvalue weighted by molar-refractivity contribution is 0.231. The molecule has 1 N–H and O–H groups in total. The zero-order valence-electron chi connectivity index (χ0n) is 12.9. The lowest BCUT2D eigenvalue weighted by Crippen LogP contribution is -1.98. The largest absolute Gasteiger partial charge is 0.496 e. The second-order valence-electron chi connectivity index (χ2n) is 4.51. The summed E-state index contributed by atoms with van der Waals surface area (Å²) in [5, 5.41) is 8.93. The van der Waals surface area contributed by atoms with Crippen LogP contribution < -0.4 is 4.74 Å². The fraction of sp³-hybridized carbons (Fsp3) is 0.529. The zero-order chi connectivity index (χ0) is 14.7. The molecule has 2 nitrogen and oxygen atoms in total. The van der Waals surface area contributed by atoms with E-state index >= 15 is 0 Å².